The van der Waals surface area contributed by atoms with Gasteiger partial charge in [0.2, 0.25) is 0 Å². The molecule has 0 aliphatic rings. The van der Waals surface area contributed by atoms with E-state index in [0.717, 1.165) is 11.0 Å². The number of thiophene rings is 1. The van der Waals surface area contributed by atoms with Gasteiger partial charge in [0.1, 0.15) is 6.10 Å². The van der Waals surface area contributed by atoms with E-state index in [0.29, 0.717) is 6.33 Å². The van der Waals surface area contributed by atoms with Crippen LogP contribution in [-0.4, -0.2) is 5.11 Å². The van der Waals surface area contributed by atoms with Crippen LogP contribution in [0.4, 0.5) is 4.39 Å². The van der Waals surface area contributed by atoms with Crippen molar-refractivity contribution in [1.82, 2.24) is 0 Å². The Morgan fingerprint density at radius 1 is 1.70 bits per heavy atom. The maximum Gasteiger partial charge on any atom is 0.109 e. The van der Waals surface area contributed by atoms with Crippen molar-refractivity contribution < 1.29 is 9.50 Å². The monoisotopic (exact) mass is 158 g/mol. The van der Waals surface area contributed by atoms with Crippen molar-refractivity contribution in [3.63, 3.8) is 0 Å². The van der Waals surface area contributed by atoms with E-state index in [1.807, 2.05) is 11.4 Å². The summed E-state index contributed by atoms with van der Waals surface area (Å²) in [6.07, 6.45) is 0.668. The molecular weight excluding hydrogens is 151 g/mol. The van der Waals surface area contributed by atoms with Crippen LogP contribution in [0.25, 0.3) is 0 Å². The average molecular weight is 158 g/mol. The van der Waals surface area contributed by atoms with Gasteiger partial charge in [0.25, 0.3) is 0 Å². The van der Waals surface area contributed by atoms with Crippen molar-refractivity contribution in [1.29, 1.82) is 0 Å². The summed E-state index contributed by atoms with van der Waals surface area (Å²) in [5.41, 5.74) is 0. The fourth-order valence-corrected chi connectivity index (χ4v) is 1.31. The molecular formula is C7H7FOS. The summed E-state index contributed by atoms with van der Waals surface area (Å²) < 4.78 is 11.5. The molecule has 10 heavy (non-hydrogen) atoms. The van der Waals surface area contributed by atoms with Gasteiger partial charge >= 0.3 is 0 Å². The van der Waals surface area contributed by atoms with Gasteiger partial charge in [-0.05, 0) is 17.5 Å². The second kappa shape index (κ2) is 3.49. The third-order valence-corrected chi connectivity index (χ3v) is 2.03. The van der Waals surface area contributed by atoms with Crippen LogP contribution in [0, 0.1) is 0 Å². The molecule has 1 aromatic rings. The van der Waals surface area contributed by atoms with Crippen molar-refractivity contribution in [2.45, 2.75) is 6.10 Å². The summed E-state index contributed by atoms with van der Waals surface area (Å²) >= 11 is 1.40. The van der Waals surface area contributed by atoms with E-state index in [4.69, 9.17) is 5.11 Å². The van der Waals surface area contributed by atoms with Gasteiger partial charge in [-0.25, -0.2) is 4.39 Å². The third-order valence-electron chi connectivity index (χ3n) is 1.09. The third kappa shape index (κ3) is 1.65. The highest BCUT2D eigenvalue weighted by atomic mass is 32.1. The molecule has 0 radical (unpaired) electrons. The number of aliphatic hydroxyl groups excluding tert-OH is 1. The van der Waals surface area contributed by atoms with Crippen LogP contribution in [0.15, 0.2) is 29.9 Å². The predicted molar refractivity (Wildman–Crippen MR) is 39.5 cm³/mol. The predicted octanol–water partition coefficient (Wildman–Crippen LogP) is 2.26. The molecule has 1 aromatic heterocycles. The molecule has 0 aromatic carbocycles. The lowest BCUT2D eigenvalue weighted by Gasteiger charge is -1.97. The van der Waals surface area contributed by atoms with Crippen LogP contribution in [0.5, 0.6) is 0 Å². The number of hydrogen-bond acceptors (Lipinski definition) is 2. The highest BCUT2D eigenvalue weighted by Crippen LogP contribution is 2.19. The summed E-state index contributed by atoms with van der Waals surface area (Å²) in [5, 5.41) is 10.9. The lowest BCUT2D eigenvalue weighted by molar-refractivity contribution is 0.231. The van der Waals surface area contributed by atoms with E-state index in [-0.39, 0.29) is 0 Å². The van der Waals surface area contributed by atoms with E-state index in [1.165, 1.54) is 11.3 Å². The van der Waals surface area contributed by atoms with Crippen LogP contribution < -0.4 is 0 Å². The van der Waals surface area contributed by atoms with E-state index in [1.54, 1.807) is 6.07 Å². The lowest BCUT2D eigenvalue weighted by Crippen LogP contribution is -1.86. The largest absolute Gasteiger partial charge is 0.383 e. The molecule has 1 nitrogen and oxygen atoms in total. The minimum Gasteiger partial charge on any atom is -0.383 e. The molecule has 0 amide bonds. The summed E-state index contributed by atoms with van der Waals surface area (Å²) in [5.74, 6) is 0. The molecule has 0 aliphatic carbocycles. The van der Waals surface area contributed by atoms with Gasteiger partial charge in [-0.15, -0.1) is 11.3 Å². The highest BCUT2D eigenvalue weighted by molar-refractivity contribution is 7.10. The topological polar surface area (TPSA) is 20.2 Å². The smallest absolute Gasteiger partial charge is 0.109 e. The van der Waals surface area contributed by atoms with Crippen LogP contribution in [-0.2, 0) is 0 Å². The lowest BCUT2D eigenvalue weighted by atomic mass is 10.3. The van der Waals surface area contributed by atoms with Crippen LogP contribution in [0.3, 0.4) is 0 Å². The highest BCUT2D eigenvalue weighted by Gasteiger charge is 2.02. The first kappa shape index (κ1) is 7.44. The van der Waals surface area contributed by atoms with Gasteiger partial charge in [0, 0.05) is 4.88 Å². The Labute approximate surface area is 62.4 Å². The number of hydrogen-bond donors (Lipinski definition) is 1. The summed E-state index contributed by atoms with van der Waals surface area (Å²) in [6, 6.07) is 3.57. The van der Waals surface area contributed by atoms with E-state index < -0.39 is 6.10 Å². The Bertz CT molecular complexity index is 205. The zero-order chi connectivity index (χ0) is 7.40. The number of rotatable bonds is 2. The standard InChI is InChI=1S/C7H7FOS/c8-4-3-6(9)7-2-1-5-10-7/h1-6,9H/b4-3+. The Hall–Kier alpha value is -0.670. The van der Waals surface area contributed by atoms with Crippen molar-refractivity contribution in [3.05, 3.63) is 34.8 Å². The molecule has 1 atom stereocenters. The Balaban J connectivity index is 2.67. The van der Waals surface area contributed by atoms with Crippen LogP contribution in [0.2, 0.25) is 0 Å². The molecule has 0 fully saturated rings. The van der Waals surface area contributed by atoms with Gasteiger partial charge in [0.05, 0.1) is 6.33 Å². The van der Waals surface area contributed by atoms with Crippen LogP contribution >= 0.6 is 11.3 Å². The Morgan fingerprint density at radius 2 is 2.50 bits per heavy atom. The van der Waals surface area contributed by atoms with Crippen LogP contribution in [0.1, 0.15) is 11.0 Å². The molecule has 3 heteroatoms. The summed E-state index contributed by atoms with van der Waals surface area (Å²) in [7, 11) is 0. The molecule has 0 saturated carbocycles. The molecule has 0 saturated heterocycles. The fourth-order valence-electron chi connectivity index (χ4n) is 0.623. The van der Waals surface area contributed by atoms with Crippen molar-refractivity contribution in [2.75, 3.05) is 0 Å². The molecule has 0 bridgehead atoms. The molecule has 1 unspecified atom stereocenters. The number of halogens is 1. The van der Waals surface area contributed by atoms with E-state index in [2.05, 4.69) is 0 Å². The second-order valence-corrected chi connectivity index (χ2v) is 2.76. The minimum absolute atomic E-state index is 0.352. The summed E-state index contributed by atoms with van der Waals surface area (Å²) in [6.45, 7) is 0. The second-order valence-electron chi connectivity index (χ2n) is 1.78. The first-order chi connectivity index (χ1) is 4.84. The fraction of sp³-hybridized carbons (Fsp3) is 0.143. The molecule has 54 valence electrons. The van der Waals surface area contributed by atoms with Gasteiger partial charge in [0.15, 0.2) is 0 Å². The SMILES string of the molecule is OC(/C=C/F)c1cccs1. The first-order valence-corrected chi connectivity index (χ1v) is 3.71. The van der Waals surface area contributed by atoms with Crippen molar-refractivity contribution in [3.8, 4) is 0 Å². The number of aliphatic hydroxyl groups is 1. The van der Waals surface area contributed by atoms with Gasteiger partial charge in [-0.3, -0.25) is 0 Å². The Morgan fingerprint density at radius 3 is 3.00 bits per heavy atom. The van der Waals surface area contributed by atoms with Gasteiger partial charge in [-0.1, -0.05) is 6.07 Å². The zero-order valence-electron chi connectivity index (χ0n) is 5.20. The van der Waals surface area contributed by atoms with E-state index in [9.17, 15) is 4.39 Å². The molecule has 0 aliphatic heterocycles. The maximum atomic E-state index is 11.5. The van der Waals surface area contributed by atoms with Gasteiger partial charge < -0.3 is 5.11 Å². The molecule has 0 spiro atoms. The van der Waals surface area contributed by atoms with Crippen molar-refractivity contribution >= 4 is 11.3 Å². The molecule has 1 heterocycles. The molecule has 1 rings (SSSR count). The maximum absolute atomic E-state index is 11.5. The quantitative estimate of drug-likeness (QED) is 0.700. The Kier molecular flexibility index (Phi) is 2.59. The van der Waals surface area contributed by atoms with Crippen molar-refractivity contribution in [2.24, 2.45) is 0 Å². The zero-order valence-corrected chi connectivity index (χ0v) is 6.01. The first-order valence-electron chi connectivity index (χ1n) is 2.83. The van der Waals surface area contributed by atoms with E-state index >= 15 is 0 Å². The molecule has 1 N–H and O–H groups in total. The minimum atomic E-state index is -0.787. The average Bonchev–Trinajstić information content (AvgIpc) is 2.38. The normalized spacial score (nSPS) is 14.2. The summed E-state index contributed by atoms with van der Waals surface area (Å²) in [4.78, 5) is 0.758. The van der Waals surface area contributed by atoms with Gasteiger partial charge in [-0.2, -0.15) is 0 Å².